The Morgan fingerprint density at radius 3 is 2.42 bits per heavy atom. The lowest BCUT2D eigenvalue weighted by molar-refractivity contribution is -0.130. The minimum absolute atomic E-state index is 0.0622. The number of anilines is 2. The van der Waals surface area contributed by atoms with Gasteiger partial charge in [0.15, 0.2) is 4.91 Å². The Hall–Kier alpha value is -3.17. The summed E-state index contributed by atoms with van der Waals surface area (Å²) in [7, 11) is -3.99. The van der Waals surface area contributed by atoms with Crippen LogP contribution in [0.15, 0.2) is 64.5 Å². The third-order valence-electron chi connectivity index (χ3n) is 5.57. The molecule has 0 atom stereocenters. The van der Waals surface area contributed by atoms with Gasteiger partial charge in [-0.25, -0.2) is 13.2 Å². The molecular formula is C24H26N2O6S. The van der Waals surface area contributed by atoms with Crippen molar-refractivity contribution in [1.29, 1.82) is 0 Å². The van der Waals surface area contributed by atoms with Crippen LogP contribution < -0.4 is 4.90 Å². The summed E-state index contributed by atoms with van der Waals surface area (Å²) >= 11 is 0. The van der Waals surface area contributed by atoms with E-state index in [2.05, 4.69) is 0 Å². The summed E-state index contributed by atoms with van der Waals surface area (Å²) in [5.74, 6) is -0.954. The number of esters is 1. The number of sulfone groups is 1. The van der Waals surface area contributed by atoms with Gasteiger partial charge in [-0.1, -0.05) is 25.5 Å². The van der Waals surface area contributed by atoms with E-state index in [0.29, 0.717) is 49.8 Å². The monoisotopic (exact) mass is 470 g/mol. The number of ether oxygens (including phenoxy) is 2. The van der Waals surface area contributed by atoms with Crippen LogP contribution >= 0.6 is 0 Å². The van der Waals surface area contributed by atoms with E-state index in [1.807, 2.05) is 6.92 Å². The number of nitrogens with zero attached hydrogens (tertiary/aromatic N) is 2. The molecule has 4 rings (SSSR count). The highest BCUT2D eigenvalue weighted by molar-refractivity contribution is 7.96. The van der Waals surface area contributed by atoms with Gasteiger partial charge in [-0.05, 0) is 42.8 Å². The Balaban J connectivity index is 1.69. The molecule has 0 saturated carbocycles. The van der Waals surface area contributed by atoms with Crippen molar-refractivity contribution in [1.82, 2.24) is 4.90 Å². The van der Waals surface area contributed by atoms with E-state index in [9.17, 15) is 18.0 Å². The van der Waals surface area contributed by atoms with Gasteiger partial charge in [-0.15, -0.1) is 0 Å². The standard InChI is InChI=1S/C24H26N2O6S/c1-2-3-14-32-24(28)18-8-10-19(11-9-18)26-17-22(23(27)25-12-15-31-16-13-25)33(29,30)21-7-5-4-6-20(21)26/h4-11,17H,2-3,12-16H2,1H3. The Labute approximate surface area is 193 Å². The zero-order chi connectivity index (χ0) is 23.4. The van der Waals surface area contributed by atoms with Crippen LogP contribution in [0.3, 0.4) is 0 Å². The SMILES string of the molecule is CCCCOC(=O)c1ccc(N2C=C(C(=O)N3CCOCC3)S(=O)(=O)c3ccccc32)cc1. The lowest BCUT2D eigenvalue weighted by atomic mass is 10.1. The first-order valence-corrected chi connectivity index (χ1v) is 12.4. The summed E-state index contributed by atoms with van der Waals surface area (Å²) in [6, 6.07) is 13.2. The van der Waals surface area contributed by atoms with Gasteiger partial charge in [0.05, 0.1) is 36.0 Å². The predicted octanol–water partition coefficient (Wildman–Crippen LogP) is 3.27. The third kappa shape index (κ3) is 4.65. The lowest BCUT2D eigenvalue weighted by Crippen LogP contribution is -2.43. The number of hydrogen-bond donors (Lipinski definition) is 0. The van der Waals surface area contributed by atoms with Gasteiger partial charge < -0.3 is 19.3 Å². The number of para-hydroxylation sites is 1. The fourth-order valence-corrected chi connectivity index (χ4v) is 5.25. The van der Waals surface area contributed by atoms with Crippen LogP contribution in [0.2, 0.25) is 0 Å². The van der Waals surface area contributed by atoms with E-state index in [4.69, 9.17) is 9.47 Å². The minimum Gasteiger partial charge on any atom is -0.462 e. The molecule has 8 nitrogen and oxygen atoms in total. The number of unbranched alkanes of at least 4 members (excludes halogenated alkanes) is 1. The molecule has 9 heteroatoms. The third-order valence-corrected chi connectivity index (χ3v) is 7.35. The van der Waals surface area contributed by atoms with Gasteiger partial charge in [0, 0.05) is 25.0 Å². The van der Waals surface area contributed by atoms with E-state index >= 15 is 0 Å². The topological polar surface area (TPSA) is 93.2 Å². The molecule has 33 heavy (non-hydrogen) atoms. The fraction of sp³-hybridized carbons (Fsp3) is 0.333. The highest BCUT2D eigenvalue weighted by atomic mass is 32.2. The summed E-state index contributed by atoms with van der Waals surface area (Å²) in [6.07, 6.45) is 3.10. The van der Waals surface area contributed by atoms with Crippen molar-refractivity contribution in [3.8, 4) is 0 Å². The van der Waals surface area contributed by atoms with E-state index in [1.54, 1.807) is 47.4 Å². The molecule has 1 amide bonds. The Morgan fingerprint density at radius 1 is 1.03 bits per heavy atom. The molecule has 0 unspecified atom stereocenters. The quantitative estimate of drug-likeness (QED) is 0.473. The Kier molecular flexibility index (Phi) is 6.80. The summed E-state index contributed by atoms with van der Waals surface area (Å²) in [6.45, 7) is 3.80. The predicted molar refractivity (Wildman–Crippen MR) is 123 cm³/mol. The summed E-state index contributed by atoms with van der Waals surface area (Å²) in [5.41, 5.74) is 1.46. The molecule has 0 bridgehead atoms. The maximum absolute atomic E-state index is 13.3. The zero-order valence-corrected chi connectivity index (χ0v) is 19.2. The molecule has 0 radical (unpaired) electrons. The van der Waals surface area contributed by atoms with Crippen LogP contribution in [0.4, 0.5) is 11.4 Å². The molecule has 2 heterocycles. The van der Waals surface area contributed by atoms with Gasteiger partial charge in [0.2, 0.25) is 9.84 Å². The molecule has 1 fully saturated rings. The number of hydrogen-bond acceptors (Lipinski definition) is 7. The number of benzene rings is 2. The smallest absolute Gasteiger partial charge is 0.338 e. The van der Waals surface area contributed by atoms with Crippen molar-refractivity contribution in [2.75, 3.05) is 37.8 Å². The largest absolute Gasteiger partial charge is 0.462 e. The van der Waals surface area contributed by atoms with Crippen LogP contribution in [-0.2, 0) is 24.1 Å². The molecule has 0 aliphatic carbocycles. The normalized spacial score (nSPS) is 17.2. The number of rotatable bonds is 6. The highest BCUT2D eigenvalue weighted by Gasteiger charge is 2.38. The van der Waals surface area contributed by atoms with Gasteiger partial charge in [0.25, 0.3) is 5.91 Å². The van der Waals surface area contributed by atoms with Gasteiger partial charge in [-0.3, -0.25) is 4.79 Å². The number of amides is 1. The van der Waals surface area contributed by atoms with Crippen LogP contribution in [0.1, 0.15) is 30.1 Å². The molecule has 2 aliphatic rings. The second-order valence-electron chi connectivity index (χ2n) is 7.78. The average molecular weight is 471 g/mol. The minimum atomic E-state index is -3.99. The number of carbonyl (C=O) groups is 2. The highest BCUT2D eigenvalue weighted by Crippen LogP contribution is 2.40. The molecule has 2 aromatic carbocycles. The summed E-state index contributed by atoms with van der Waals surface area (Å²) in [5, 5.41) is 0. The molecule has 2 aliphatic heterocycles. The van der Waals surface area contributed by atoms with Crippen LogP contribution in [0.5, 0.6) is 0 Å². The first kappa shape index (κ1) is 23.0. The lowest BCUT2D eigenvalue weighted by Gasteiger charge is -2.32. The van der Waals surface area contributed by atoms with E-state index < -0.39 is 21.7 Å². The molecule has 0 aromatic heterocycles. The van der Waals surface area contributed by atoms with Crippen LogP contribution in [0.25, 0.3) is 0 Å². The fourth-order valence-electron chi connectivity index (χ4n) is 3.71. The maximum Gasteiger partial charge on any atom is 0.338 e. The molecule has 174 valence electrons. The number of carbonyl (C=O) groups excluding carboxylic acids is 2. The van der Waals surface area contributed by atoms with E-state index in [0.717, 1.165) is 12.8 Å². The maximum atomic E-state index is 13.3. The van der Waals surface area contributed by atoms with E-state index in [-0.39, 0.29) is 9.80 Å². The number of fused-ring (bicyclic) bond motifs is 1. The molecule has 1 saturated heterocycles. The first-order valence-electron chi connectivity index (χ1n) is 10.9. The first-order chi connectivity index (χ1) is 15.9. The van der Waals surface area contributed by atoms with Crippen molar-refractivity contribution < 1.29 is 27.5 Å². The van der Waals surface area contributed by atoms with Gasteiger partial charge in [-0.2, -0.15) is 0 Å². The van der Waals surface area contributed by atoms with Gasteiger partial charge in [0.1, 0.15) is 0 Å². The Morgan fingerprint density at radius 2 is 1.73 bits per heavy atom. The van der Waals surface area contributed by atoms with Crippen molar-refractivity contribution in [2.45, 2.75) is 24.7 Å². The second kappa shape index (κ2) is 9.76. The van der Waals surface area contributed by atoms with Gasteiger partial charge >= 0.3 is 5.97 Å². The summed E-state index contributed by atoms with van der Waals surface area (Å²) < 4.78 is 37.1. The zero-order valence-electron chi connectivity index (χ0n) is 18.4. The van der Waals surface area contributed by atoms with E-state index in [1.165, 1.54) is 17.2 Å². The van der Waals surface area contributed by atoms with Crippen molar-refractivity contribution in [3.05, 3.63) is 65.2 Å². The number of morpholine rings is 1. The molecule has 2 aromatic rings. The van der Waals surface area contributed by atoms with Crippen molar-refractivity contribution in [2.24, 2.45) is 0 Å². The van der Waals surface area contributed by atoms with Crippen LogP contribution in [-0.4, -0.2) is 58.1 Å². The average Bonchev–Trinajstić information content (AvgIpc) is 2.85. The van der Waals surface area contributed by atoms with Crippen molar-refractivity contribution >= 4 is 33.1 Å². The molecular weight excluding hydrogens is 444 g/mol. The van der Waals surface area contributed by atoms with Crippen LogP contribution in [0, 0.1) is 0 Å². The molecule has 0 spiro atoms. The molecule has 0 N–H and O–H groups in total. The Bertz CT molecular complexity index is 1170. The second-order valence-corrected chi connectivity index (χ2v) is 9.66. The van der Waals surface area contributed by atoms with Crippen molar-refractivity contribution in [3.63, 3.8) is 0 Å². The summed E-state index contributed by atoms with van der Waals surface area (Å²) in [4.78, 5) is 28.3.